The van der Waals surface area contributed by atoms with Gasteiger partial charge in [0.1, 0.15) is 0 Å². The van der Waals surface area contributed by atoms with Crippen molar-refractivity contribution in [1.82, 2.24) is 9.78 Å². The van der Waals surface area contributed by atoms with Crippen LogP contribution in [0.2, 0.25) is 0 Å². The molecular weight excluding hydrogens is 268 g/mol. The first-order chi connectivity index (χ1) is 9.98. The zero-order valence-electron chi connectivity index (χ0n) is 12.5. The maximum atomic E-state index is 11.8. The van der Waals surface area contributed by atoms with Gasteiger partial charge in [0.2, 0.25) is 0 Å². The van der Waals surface area contributed by atoms with Crippen LogP contribution >= 0.6 is 0 Å². The first kappa shape index (κ1) is 15.3. The topological polar surface area (TPSA) is 64.3 Å². The van der Waals surface area contributed by atoms with E-state index in [1.54, 1.807) is 24.7 Å². The van der Waals surface area contributed by atoms with Crippen LogP contribution in [-0.4, -0.2) is 34.6 Å². The third-order valence-corrected chi connectivity index (χ3v) is 3.53. The average molecular weight is 288 g/mol. The van der Waals surface area contributed by atoms with Crippen LogP contribution in [0.4, 0.5) is 0 Å². The van der Waals surface area contributed by atoms with Crippen molar-refractivity contribution in [2.45, 2.75) is 25.8 Å². The summed E-state index contributed by atoms with van der Waals surface area (Å²) < 4.78 is 6.41. The number of nitrogens with zero attached hydrogens (tertiary/aromatic N) is 2. The molecule has 112 valence electrons. The standard InChI is InChI=1S/C16H20N2O3/c1-16(2,15(20)21-3)18-11-14(10-17-18)13-6-4-12(5-7-13)8-9-19/h4-7,10-11,19H,8-9H2,1-3H3. The summed E-state index contributed by atoms with van der Waals surface area (Å²) in [4.78, 5) is 11.8. The van der Waals surface area contributed by atoms with Crippen LogP contribution in [-0.2, 0) is 21.5 Å². The van der Waals surface area contributed by atoms with Gasteiger partial charge in [0.25, 0.3) is 0 Å². The molecule has 1 aromatic carbocycles. The van der Waals surface area contributed by atoms with E-state index in [0.29, 0.717) is 6.42 Å². The Morgan fingerprint density at radius 3 is 2.52 bits per heavy atom. The maximum Gasteiger partial charge on any atom is 0.333 e. The molecule has 0 aliphatic rings. The van der Waals surface area contributed by atoms with Crippen molar-refractivity contribution < 1.29 is 14.6 Å². The molecule has 0 spiro atoms. The number of aliphatic hydroxyl groups is 1. The minimum atomic E-state index is -0.843. The lowest BCUT2D eigenvalue weighted by Crippen LogP contribution is -2.37. The molecule has 0 radical (unpaired) electrons. The summed E-state index contributed by atoms with van der Waals surface area (Å²) >= 11 is 0. The van der Waals surface area contributed by atoms with E-state index in [-0.39, 0.29) is 12.6 Å². The number of rotatable bonds is 5. The van der Waals surface area contributed by atoms with Crippen molar-refractivity contribution in [3.63, 3.8) is 0 Å². The molecule has 1 aromatic heterocycles. The summed E-state index contributed by atoms with van der Waals surface area (Å²) in [5, 5.41) is 13.2. The number of hydrogen-bond donors (Lipinski definition) is 1. The first-order valence-electron chi connectivity index (χ1n) is 6.82. The van der Waals surface area contributed by atoms with Gasteiger partial charge < -0.3 is 9.84 Å². The van der Waals surface area contributed by atoms with E-state index in [0.717, 1.165) is 16.7 Å². The lowest BCUT2D eigenvalue weighted by atomic mass is 10.0. The number of methoxy groups -OCH3 is 1. The number of ether oxygens (including phenoxy) is 1. The number of carbonyl (C=O) groups excluding carboxylic acids is 1. The van der Waals surface area contributed by atoms with Crippen LogP contribution in [0.25, 0.3) is 11.1 Å². The molecule has 5 nitrogen and oxygen atoms in total. The van der Waals surface area contributed by atoms with Gasteiger partial charge in [0.15, 0.2) is 5.54 Å². The predicted molar refractivity (Wildman–Crippen MR) is 79.8 cm³/mol. The molecule has 0 aliphatic heterocycles. The van der Waals surface area contributed by atoms with Crippen LogP contribution in [0.3, 0.4) is 0 Å². The molecular formula is C16H20N2O3. The summed E-state index contributed by atoms with van der Waals surface area (Å²) in [7, 11) is 1.37. The average Bonchev–Trinajstić information content (AvgIpc) is 2.98. The molecule has 0 amide bonds. The molecule has 5 heteroatoms. The quantitative estimate of drug-likeness (QED) is 0.855. The number of aromatic nitrogens is 2. The van der Waals surface area contributed by atoms with Gasteiger partial charge in [-0.3, -0.25) is 4.68 Å². The third kappa shape index (κ3) is 3.13. The normalized spacial score (nSPS) is 11.4. The minimum absolute atomic E-state index is 0.143. The fourth-order valence-corrected chi connectivity index (χ4v) is 2.11. The van der Waals surface area contributed by atoms with Gasteiger partial charge in [0, 0.05) is 18.4 Å². The van der Waals surface area contributed by atoms with Crippen LogP contribution in [0.1, 0.15) is 19.4 Å². The van der Waals surface area contributed by atoms with Gasteiger partial charge in [-0.05, 0) is 31.4 Å². The van der Waals surface area contributed by atoms with E-state index in [1.807, 2.05) is 30.5 Å². The second kappa shape index (κ2) is 6.10. The largest absolute Gasteiger partial charge is 0.467 e. The number of esters is 1. The lowest BCUT2D eigenvalue weighted by molar-refractivity contribution is -0.150. The fourth-order valence-electron chi connectivity index (χ4n) is 2.11. The second-order valence-electron chi connectivity index (χ2n) is 5.39. The van der Waals surface area contributed by atoms with E-state index >= 15 is 0 Å². The Hall–Kier alpha value is -2.14. The number of benzene rings is 1. The van der Waals surface area contributed by atoms with E-state index in [2.05, 4.69) is 5.10 Å². The number of carbonyl (C=O) groups is 1. The predicted octanol–water partition coefficient (Wildman–Crippen LogP) is 1.99. The molecule has 1 heterocycles. The van der Waals surface area contributed by atoms with Gasteiger partial charge in [-0.25, -0.2) is 4.79 Å². The van der Waals surface area contributed by atoms with Crippen molar-refractivity contribution >= 4 is 5.97 Å². The van der Waals surface area contributed by atoms with Gasteiger partial charge in [-0.15, -0.1) is 0 Å². The highest BCUT2D eigenvalue weighted by atomic mass is 16.5. The monoisotopic (exact) mass is 288 g/mol. The van der Waals surface area contributed by atoms with E-state index < -0.39 is 5.54 Å². The molecule has 0 bridgehead atoms. The zero-order valence-corrected chi connectivity index (χ0v) is 12.5. The van der Waals surface area contributed by atoms with Crippen LogP contribution in [0.15, 0.2) is 36.7 Å². The van der Waals surface area contributed by atoms with Crippen molar-refractivity contribution in [3.05, 3.63) is 42.2 Å². The first-order valence-corrected chi connectivity index (χ1v) is 6.82. The van der Waals surface area contributed by atoms with Crippen molar-refractivity contribution in [2.75, 3.05) is 13.7 Å². The molecule has 2 rings (SSSR count). The highest BCUT2D eigenvalue weighted by Gasteiger charge is 2.31. The van der Waals surface area contributed by atoms with Gasteiger partial charge in [-0.1, -0.05) is 24.3 Å². The molecule has 0 saturated carbocycles. The molecule has 0 fully saturated rings. The Morgan fingerprint density at radius 2 is 1.95 bits per heavy atom. The number of hydrogen-bond acceptors (Lipinski definition) is 4. The molecule has 0 unspecified atom stereocenters. The molecule has 0 atom stereocenters. The van der Waals surface area contributed by atoms with E-state index in [4.69, 9.17) is 9.84 Å². The summed E-state index contributed by atoms with van der Waals surface area (Å²) in [6.07, 6.45) is 4.21. The Labute approximate surface area is 124 Å². The Kier molecular flexibility index (Phi) is 4.43. The zero-order chi connectivity index (χ0) is 15.5. The second-order valence-corrected chi connectivity index (χ2v) is 5.39. The lowest BCUT2D eigenvalue weighted by Gasteiger charge is -2.21. The molecule has 0 aliphatic carbocycles. The SMILES string of the molecule is COC(=O)C(C)(C)n1cc(-c2ccc(CCO)cc2)cn1. The smallest absolute Gasteiger partial charge is 0.333 e. The van der Waals surface area contributed by atoms with Crippen molar-refractivity contribution in [2.24, 2.45) is 0 Å². The van der Waals surface area contributed by atoms with Crippen molar-refractivity contribution in [3.8, 4) is 11.1 Å². The van der Waals surface area contributed by atoms with Crippen LogP contribution in [0, 0.1) is 0 Å². The van der Waals surface area contributed by atoms with E-state index in [9.17, 15) is 4.79 Å². The third-order valence-electron chi connectivity index (χ3n) is 3.53. The molecule has 21 heavy (non-hydrogen) atoms. The minimum Gasteiger partial charge on any atom is -0.467 e. The molecule has 1 N–H and O–H groups in total. The summed E-state index contributed by atoms with van der Waals surface area (Å²) in [6.45, 7) is 3.67. The van der Waals surface area contributed by atoms with Crippen molar-refractivity contribution in [1.29, 1.82) is 0 Å². The fraction of sp³-hybridized carbons (Fsp3) is 0.375. The summed E-state index contributed by atoms with van der Waals surface area (Å²) in [6, 6.07) is 7.93. The van der Waals surface area contributed by atoms with Gasteiger partial charge in [-0.2, -0.15) is 5.10 Å². The van der Waals surface area contributed by atoms with Gasteiger partial charge in [0.05, 0.1) is 13.3 Å². The Balaban J connectivity index is 2.25. The van der Waals surface area contributed by atoms with Crippen LogP contribution < -0.4 is 0 Å². The van der Waals surface area contributed by atoms with Gasteiger partial charge >= 0.3 is 5.97 Å². The highest BCUT2D eigenvalue weighted by Crippen LogP contribution is 2.23. The summed E-state index contributed by atoms with van der Waals surface area (Å²) in [5.74, 6) is -0.338. The highest BCUT2D eigenvalue weighted by molar-refractivity contribution is 5.77. The molecule has 0 saturated heterocycles. The molecule has 2 aromatic rings. The number of aliphatic hydroxyl groups excluding tert-OH is 1. The Bertz CT molecular complexity index is 615. The van der Waals surface area contributed by atoms with Crippen LogP contribution in [0.5, 0.6) is 0 Å². The maximum absolute atomic E-state index is 11.8. The van der Waals surface area contributed by atoms with E-state index in [1.165, 1.54) is 7.11 Å². The summed E-state index contributed by atoms with van der Waals surface area (Å²) in [5.41, 5.74) is 2.19. The Morgan fingerprint density at radius 1 is 1.29 bits per heavy atom.